The topological polar surface area (TPSA) is 92.8 Å². The van der Waals surface area contributed by atoms with E-state index in [0.717, 1.165) is 0 Å². The number of ether oxygens (including phenoxy) is 1. The Labute approximate surface area is 108 Å². The van der Waals surface area contributed by atoms with Crippen LogP contribution in [0.3, 0.4) is 0 Å². The lowest BCUT2D eigenvalue weighted by Crippen LogP contribution is -2.31. The van der Waals surface area contributed by atoms with Gasteiger partial charge in [-0.2, -0.15) is 5.21 Å². The van der Waals surface area contributed by atoms with Gasteiger partial charge in [0.15, 0.2) is 24.0 Å². The number of hydrogen-bond donors (Lipinski definition) is 2. The Hall–Kier alpha value is -2.51. The molecule has 0 aliphatic heterocycles. The molecule has 0 aliphatic rings. The number of benzene rings is 1. The predicted octanol–water partition coefficient (Wildman–Crippen LogP) is 0.595. The van der Waals surface area contributed by atoms with Gasteiger partial charge >= 0.3 is 0 Å². The molecule has 0 radical (unpaired) electrons. The smallest absolute Gasteiger partial charge is 0.258 e. The molecule has 19 heavy (non-hydrogen) atoms. The van der Waals surface area contributed by atoms with Gasteiger partial charge < -0.3 is 10.1 Å². The number of aromatic nitrogens is 4. The van der Waals surface area contributed by atoms with Crippen molar-refractivity contribution in [2.45, 2.75) is 13.0 Å². The Bertz CT molecular complexity index is 546. The summed E-state index contributed by atoms with van der Waals surface area (Å²) >= 11 is 0. The number of aromatic amines is 1. The lowest BCUT2D eigenvalue weighted by Gasteiger charge is -2.11. The quantitative estimate of drug-likeness (QED) is 0.825. The van der Waals surface area contributed by atoms with E-state index < -0.39 is 17.8 Å². The normalized spacial score (nSPS) is 11.9. The first-order valence-corrected chi connectivity index (χ1v) is 5.57. The number of carbonyl (C=O) groups is 1. The molecule has 1 unspecified atom stereocenters. The number of tetrazole rings is 1. The third-order valence-electron chi connectivity index (χ3n) is 2.32. The summed E-state index contributed by atoms with van der Waals surface area (Å²) in [5.74, 6) is -0.522. The lowest BCUT2D eigenvalue weighted by atomic mass is 10.3. The maximum absolute atomic E-state index is 13.2. The molecule has 0 fully saturated rings. The van der Waals surface area contributed by atoms with Gasteiger partial charge in [-0.05, 0) is 19.1 Å². The van der Waals surface area contributed by atoms with Crippen molar-refractivity contribution in [1.82, 2.24) is 25.9 Å². The first-order chi connectivity index (χ1) is 9.16. The SMILES string of the molecule is CC(NC(=O)COc1ccccc1F)c1nn[nH]n1. The third-order valence-corrected chi connectivity index (χ3v) is 2.32. The van der Waals surface area contributed by atoms with Crippen LogP contribution < -0.4 is 10.1 Å². The van der Waals surface area contributed by atoms with Crippen LogP contribution in [0.25, 0.3) is 0 Å². The van der Waals surface area contributed by atoms with Gasteiger partial charge in [0.25, 0.3) is 5.91 Å². The average molecular weight is 265 g/mol. The third kappa shape index (κ3) is 3.47. The Morgan fingerprint density at radius 3 is 3.00 bits per heavy atom. The van der Waals surface area contributed by atoms with Crippen LogP contribution in [0.2, 0.25) is 0 Å². The minimum Gasteiger partial charge on any atom is -0.481 e. The van der Waals surface area contributed by atoms with Crippen molar-refractivity contribution < 1.29 is 13.9 Å². The van der Waals surface area contributed by atoms with E-state index in [1.165, 1.54) is 12.1 Å². The number of nitrogens with one attached hydrogen (secondary N) is 2. The van der Waals surface area contributed by atoms with E-state index in [9.17, 15) is 9.18 Å². The van der Waals surface area contributed by atoms with Crippen LogP contribution in [0.15, 0.2) is 24.3 Å². The van der Waals surface area contributed by atoms with Crippen LogP contribution in [0.1, 0.15) is 18.8 Å². The molecule has 1 aromatic heterocycles. The highest BCUT2D eigenvalue weighted by molar-refractivity contribution is 5.77. The standard InChI is InChI=1S/C11H12FN5O2/c1-7(11-14-16-17-15-11)13-10(18)6-19-9-5-3-2-4-8(9)12/h2-5,7H,6H2,1H3,(H,13,18)(H,14,15,16,17). The molecule has 1 atom stereocenters. The van der Waals surface area contributed by atoms with Crippen molar-refractivity contribution in [3.05, 3.63) is 35.9 Å². The first-order valence-electron chi connectivity index (χ1n) is 5.57. The van der Waals surface area contributed by atoms with Gasteiger partial charge in [0, 0.05) is 0 Å². The fourth-order valence-electron chi connectivity index (χ4n) is 1.41. The van der Waals surface area contributed by atoms with Crippen LogP contribution in [-0.4, -0.2) is 33.1 Å². The lowest BCUT2D eigenvalue weighted by molar-refractivity contribution is -0.123. The van der Waals surface area contributed by atoms with Crippen molar-refractivity contribution in [3.63, 3.8) is 0 Å². The van der Waals surface area contributed by atoms with Crippen LogP contribution >= 0.6 is 0 Å². The van der Waals surface area contributed by atoms with Gasteiger partial charge in [-0.15, -0.1) is 10.2 Å². The highest BCUT2D eigenvalue weighted by Gasteiger charge is 2.14. The molecular weight excluding hydrogens is 253 g/mol. The van der Waals surface area contributed by atoms with E-state index in [-0.39, 0.29) is 12.4 Å². The minimum atomic E-state index is -0.512. The van der Waals surface area contributed by atoms with Gasteiger partial charge in [-0.3, -0.25) is 4.79 Å². The Morgan fingerprint density at radius 1 is 1.53 bits per heavy atom. The molecule has 2 aromatic rings. The molecule has 0 saturated carbocycles. The summed E-state index contributed by atoms with van der Waals surface area (Å²) in [5, 5.41) is 15.8. The van der Waals surface area contributed by atoms with Crippen molar-refractivity contribution in [2.75, 3.05) is 6.61 Å². The van der Waals surface area contributed by atoms with E-state index in [1.54, 1.807) is 19.1 Å². The van der Waals surface area contributed by atoms with Crippen LogP contribution in [0.4, 0.5) is 4.39 Å². The fourth-order valence-corrected chi connectivity index (χ4v) is 1.41. The van der Waals surface area contributed by atoms with Crippen molar-refractivity contribution >= 4 is 5.91 Å². The zero-order chi connectivity index (χ0) is 13.7. The number of hydrogen-bond acceptors (Lipinski definition) is 5. The Balaban J connectivity index is 1.84. The minimum absolute atomic E-state index is 0.0323. The second-order valence-corrected chi connectivity index (χ2v) is 3.78. The van der Waals surface area contributed by atoms with Crippen LogP contribution in [-0.2, 0) is 4.79 Å². The van der Waals surface area contributed by atoms with E-state index in [0.29, 0.717) is 5.82 Å². The molecule has 1 amide bonds. The average Bonchev–Trinajstić information content (AvgIpc) is 2.91. The summed E-state index contributed by atoms with van der Waals surface area (Å²) in [6.07, 6.45) is 0. The summed E-state index contributed by atoms with van der Waals surface area (Å²) in [4.78, 5) is 11.6. The molecule has 1 aromatic carbocycles. The predicted molar refractivity (Wildman–Crippen MR) is 62.6 cm³/mol. The second-order valence-electron chi connectivity index (χ2n) is 3.78. The molecule has 2 rings (SSSR count). The van der Waals surface area contributed by atoms with E-state index >= 15 is 0 Å². The summed E-state index contributed by atoms with van der Waals surface area (Å²) in [6, 6.07) is 5.47. The van der Waals surface area contributed by atoms with E-state index in [4.69, 9.17) is 4.74 Å². The van der Waals surface area contributed by atoms with E-state index in [1.807, 2.05) is 0 Å². The first kappa shape index (κ1) is 12.9. The van der Waals surface area contributed by atoms with Crippen LogP contribution in [0.5, 0.6) is 5.75 Å². The number of amides is 1. The van der Waals surface area contributed by atoms with Crippen molar-refractivity contribution in [3.8, 4) is 5.75 Å². The highest BCUT2D eigenvalue weighted by atomic mass is 19.1. The summed E-state index contributed by atoms with van der Waals surface area (Å²) in [5.41, 5.74) is 0. The summed E-state index contributed by atoms with van der Waals surface area (Å²) in [7, 11) is 0. The molecular formula is C11H12FN5O2. The van der Waals surface area contributed by atoms with Crippen molar-refractivity contribution in [2.24, 2.45) is 0 Å². The molecule has 0 bridgehead atoms. The zero-order valence-corrected chi connectivity index (χ0v) is 10.1. The largest absolute Gasteiger partial charge is 0.481 e. The molecule has 0 spiro atoms. The molecule has 2 N–H and O–H groups in total. The molecule has 100 valence electrons. The maximum atomic E-state index is 13.2. The summed E-state index contributed by atoms with van der Waals surface area (Å²) in [6.45, 7) is 1.41. The van der Waals surface area contributed by atoms with Gasteiger partial charge in [0.1, 0.15) is 0 Å². The number of H-pyrrole nitrogens is 1. The highest BCUT2D eigenvalue weighted by Crippen LogP contribution is 2.15. The van der Waals surface area contributed by atoms with Gasteiger partial charge in [-0.1, -0.05) is 17.3 Å². The molecule has 7 nitrogen and oxygen atoms in total. The molecule has 0 aliphatic carbocycles. The Morgan fingerprint density at radius 2 is 2.32 bits per heavy atom. The number of carbonyl (C=O) groups excluding carboxylic acids is 1. The summed E-state index contributed by atoms with van der Waals surface area (Å²) < 4.78 is 18.3. The maximum Gasteiger partial charge on any atom is 0.258 e. The number of para-hydroxylation sites is 1. The van der Waals surface area contributed by atoms with Crippen molar-refractivity contribution in [1.29, 1.82) is 0 Å². The van der Waals surface area contributed by atoms with Gasteiger partial charge in [0.05, 0.1) is 6.04 Å². The fraction of sp³-hybridized carbons (Fsp3) is 0.273. The molecule has 1 heterocycles. The van der Waals surface area contributed by atoms with Gasteiger partial charge in [-0.25, -0.2) is 4.39 Å². The zero-order valence-electron chi connectivity index (χ0n) is 10.1. The van der Waals surface area contributed by atoms with Crippen LogP contribution in [0, 0.1) is 5.82 Å². The Kier molecular flexibility index (Phi) is 4.01. The number of nitrogens with zero attached hydrogens (tertiary/aromatic N) is 3. The molecule has 0 saturated heterocycles. The number of rotatable bonds is 5. The van der Waals surface area contributed by atoms with E-state index in [2.05, 4.69) is 25.9 Å². The number of halogens is 1. The van der Waals surface area contributed by atoms with Gasteiger partial charge in [0.2, 0.25) is 0 Å². The molecule has 8 heteroatoms. The second kappa shape index (κ2) is 5.89. The monoisotopic (exact) mass is 265 g/mol.